The number of nitrogens with zero attached hydrogens (tertiary/aromatic N) is 2. The first kappa shape index (κ1) is 14.2. The maximum atomic E-state index is 5.67. The van der Waals surface area contributed by atoms with Gasteiger partial charge in [0, 0.05) is 19.3 Å². The molecule has 1 atom stereocenters. The molecule has 0 saturated heterocycles. The molecule has 17 heavy (non-hydrogen) atoms. The number of aryl methyl sites for hydroxylation is 2. The van der Waals surface area contributed by atoms with E-state index in [0.29, 0.717) is 12.1 Å². The summed E-state index contributed by atoms with van der Waals surface area (Å²) in [5.74, 6) is 0. The highest BCUT2D eigenvalue weighted by molar-refractivity contribution is 5.03. The van der Waals surface area contributed by atoms with E-state index in [1.165, 1.54) is 5.56 Å². The minimum Gasteiger partial charge on any atom is -0.377 e. The summed E-state index contributed by atoms with van der Waals surface area (Å²) in [6, 6.07) is 0.433. The zero-order valence-electron chi connectivity index (χ0n) is 11.4. The molecule has 0 aliphatic rings. The second-order valence-electron chi connectivity index (χ2n) is 4.70. The van der Waals surface area contributed by atoms with Crippen LogP contribution in [0.3, 0.4) is 0 Å². The third-order valence-corrected chi connectivity index (χ3v) is 2.66. The fourth-order valence-corrected chi connectivity index (χ4v) is 1.78. The van der Waals surface area contributed by atoms with Crippen LogP contribution < -0.4 is 5.32 Å². The maximum absolute atomic E-state index is 5.67. The van der Waals surface area contributed by atoms with Crippen LogP contribution in [0.2, 0.25) is 0 Å². The smallest absolute Gasteiger partial charge is 0.0623 e. The second kappa shape index (κ2) is 7.45. The molecule has 0 aromatic carbocycles. The van der Waals surface area contributed by atoms with E-state index in [1.807, 2.05) is 17.9 Å². The van der Waals surface area contributed by atoms with Crippen LogP contribution >= 0.6 is 0 Å². The van der Waals surface area contributed by atoms with Crippen LogP contribution in [0.5, 0.6) is 0 Å². The molecule has 0 fully saturated rings. The Balaban J connectivity index is 2.33. The topological polar surface area (TPSA) is 39.1 Å². The van der Waals surface area contributed by atoms with E-state index < -0.39 is 0 Å². The highest BCUT2D eigenvalue weighted by Crippen LogP contribution is 2.05. The number of hydrogen-bond acceptors (Lipinski definition) is 3. The van der Waals surface area contributed by atoms with Gasteiger partial charge in [-0.1, -0.05) is 6.92 Å². The number of aromatic nitrogens is 2. The summed E-state index contributed by atoms with van der Waals surface area (Å²) in [6.07, 6.45) is 6.45. The Morgan fingerprint density at radius 2 is 2.24 bits per heavy atom. The number of hydrogen-bond donors (Lipinski definition) is 1. The quantitative estimate of drug-likeness (QED) is 0.751. The zero-order valence-corrected chi connectivity index (χ0v) is 11.4. The van der Waals surface area contributed by atoms with E-state index >= 15 is 0 Å². The molecule has 0 aliphatic heterocycles. The summed E-state index contributed by atoms with van der Waals surface area (Å²) < 4.78 is 7.52. The highest BCUT2D eigenvalue weighted by atomic mass is 16.5. The molecule has 4 heteroatoms. The number of likely N-dealkylation sites (N-methyl/N-ethyl adjacent to an activating group) is 1. The van der Waals surface area contributed by atoms with Gasteiger partial charge < -0.3 is 10.1 Å². The Hall–Kier alpha value is -0.870. The molecule has 1 heterocycles. The first-order valence-electron chi connectivity index (χ1n) is 6.44. The molecule has 98 valence electrons. The largest absolute Gasteiger partial charge is 0.377 e. The number of rotatable bonds is 8. The average Bonchev–Trinajstić information content (AvgIpc) is 2.68. The molecule has 0 amide bonds. The van der Waals surface area contributed by atoms with Crippen molar-refractivity contribution < 1.29 is 4.74 Å². The fourth-order valence-electron chi connectivity index (χ4n) is 1.78. The van der Waals surface area contributed by atoms with Crippen molar-refractivity contribution in [1.29, 1.82) is 0 Å². The van der Waals surface area contributed by atoms with E-state index in [9.17, 15) is 0 Å². The van der Waals surface area contributed by atoms with Gasteiger partial charge >= 0.3 is 0 Å². The van der Waals surface area contributed by atoms with Gasteiger partial charge in [0.2, 0.25) is 0 Å². The zero-order chi connectivity index (χ0) is 12.7. The van der Waals surface area contributed by atoms with Gasteiger partial charge in [0.15, 0.2) is 0 Å². The molecule has 1 N–H and O–H groups in total. The molecule has 0 bridgehead atoms. The van der Waals surface area contributed by atoms with E-state index in [4.69, 9.17) is 4.74 Å². The molecule has 0 aliphatic carbocycles. The van der Waals surface area contributed by atoms with Gasteiger partial charge in [-0.05, 0) is 38.8 Å². The Labute approximate surface area is 104 Å². The highest BCUT2D eigenvalue weighted by Gasteiger charge is 2.09. The van der Waals surface area contributed by atoms with Crippen molar-refractivity contribution in [2.75, 3.05) is 13.2 Å². The van der Waals surface area contributed by atoms with Gasteiger partial charge in [0.1, 0.15) is 0 Å². The van der Waals surface area contributed by atoms with Crippen molar-refractivity contribution in [2.45, 2.75) is 45.8 Å². The monoisotopic (exact) mass is 239 g/mol. The predicted molar refractivity (Wildman–Crippen MR) is 70.1 cm³/mol. The Kier molecular flexibility index (Phi) is 6.22. The first-order chi connectivity index (χ1) is 8.11. The maximum Gasteiger partial charge on any atom is 0.0623 e. The number of nitrogens with one attached hydrogen (secondary N) is 1. The minimum absolute atomic E-state index is 0.301. The molecule has 0 spiro atoms. The van der Waals surface area contributed by atoms with Crippen LogP contribution in [0, 0.1) is 0 Å². The Morgan fingerprint density at radius 3 is 2.76 bits per heavy atom. The van der Waals surface area contributed by atoms with Crippen molar-refractivity contribution >= 4 is 0 Å². The van der Waals surface area contributed by atoms with Gasteiger partial charge in [-0.2, -0.15) is 5.10 Å². The van der Waals surface area contributed by atoms with E-state index in [0.717, 1.165) is 26.0 Å². The summed E-state index contributed by atoms with van der Waals surface area (Å²) in [7, 11) is 1.95. The fraction of sp³-hybridized carbons (Fsp3) is 0.769. The van der Waals surface area contributed by atoms with Gasteiger partial charge in [-0.15, -0.1) is 0 Å². The van der Waals surface area contributed by atoms with Crippen LogP contribution in [0.4, 0.5) is 0 Å². The number of ether oxygens (including phenoxy) is 1. The minimum atomic E-state index is 0.301. The molecule has 1 rings (SSSR count). The molecule has 0 radical (unpaired) electrons. The molecule has 1 aromatic heterocycles. The second-order valence-corrected chi connectivity index (χ2v) is 4.70. The van der Waals surface area contributed by atoms with Crippen molar-refractivity contribution in [2.24, 2.45) is 7.05 Å². The molecule has 1 aromatic rings. The lowest BCUT2D eigenvalue weighted by molar-refractivity contribution is 0.0599. The third-order valence-electron chi connectivity index (χ3n) is 2.66. The normalized spacial score (nSPS) is 13.2. The Morgan fingerprint density at radius 1 is 1.47 bits per heavy atom. The summed E-state index contributed by atoms with van der Waals surface area (Å²) in [5, 5.41) is 7.64. The molecule has 1 unspecified atom stereocenters. The lowest BCUT2D eigenvalue weighted by Crippen LogP contribution is -2.34. The average molecular weight is 239 g/mol. The van der Waals surface area contributed by atoms with Crippen LogP contribution in [-0.4, -0.2) is 35.1 Å². The van der Waals surface area contributed by atoms with E-state index in [2.05, 4.69) is 37.4 Å². The van der Waals surface area contributed by atoms with E-state index in [-0.39, 0.29) is 0 Å². The lowest BCUT2D eigenvalue weighted by atomic mass is 10.1. The van der Waals surface area contributed by atoms with Gasteiger partial charge in [-0.25, -0.2) is 0 Å². The van der Waals surface area contributed by atoms with Crippen LogP contribution in [0.25, 0.3) is 0 Å². The van der Waals surface area contributed by atoms with Gasteiger partial charge in [-0.3, -0.25) is 4.68 Å². The Bertz CT molecular complexity index is 309. The summed E-state index contributed by atoms with van der Waals surface area (Å²) in [6.45, 7) is 8.05. The van der Waals surface area contributed by atoms with Crippen LogP contribution in [0.15, 0.2) is 12.4 Å². The van der Waals surface area contributed by atoms with Crippen molar-refractivity contribution in [3.63, 3.8) is 0 Å². The molecule has 4 nitrogen and oxygen atoms in total. The van der Waals surface area contributed by atoms with Gasteiger partial charge in [0.05, 0.1) is 18.9 Å². The van der Waals surface area contributed by atoms with Crippen molar-refractivity contribution in [3.8, 4) is 0 Å². The predicted octanol–water partition coefficient (Wildman–Crippen LogP) is 1.76. The third kappa shape index (κ3) is 5.84. The van der Waals surface area contributed by atoms with Crippen LogP contribution in [0.1, 0.15) is 32.8 Å². The van der Waals surface area contributed by atoms with Gasteiger partial charge in [0.25, 0.3) is 0 Å². The van der Waals surface area contributed by atoms with Crippen molar-refractivity contribution in [3.05, 3.63) is 18.0 Å². The molecule has 0 saturated carbocycles. The lowest BCUT2D eigenvalue weighted by Gasteiger charge is -2.19. The summed E-state index contributed by atoms with van der Waals surface area (Å²) in [4.78, 5) is 0. The first-order valence-corrected chi connectivity index (χ1v) is 6.44. The standard InChI is InChI=1S/C13H25N3O/c1-5-14-13(10-17-11(2)3)7-6-12-8-15-16(4)9-12/h8-9,11,13-14H,5-7,10H2,1-4H3. The van der Waals surface area contributed by atoms with E-state index in [1.54, 1.807) is 0 Å². The summed E-state index contributed by atoms with van der Waals surface area (Å²) >= 11 is 0. The SMILES string of the molecule is CCNC(CCc1cnn(C)c1)COC(C)C. The van der Waals surface area contributed by atoms with Crippen molar-refractivity contribution in [1.82, 2.24) is 15.1 Å². The molecular formula is C13H25N3O. The summed E-state index contributed by atoms with van der Waals surface area (Å²) in [5.41, 5.74) is 1.29. The van der Waals surface area contributed by atoms with Crippen LogP contribution in [-0.2, 0) is 18.2 Å². The molecular weight excluding hydrogens is 214 g/mol.